The van der Waals surface area contributed by atoms with E-state index in [1.54, 1.807) is 6.20 Å². The van der Waals surface area contributed by atoms with Crippen LogP contribution < -0.4 is 5.32 Å². The number of aromatic nitrogens is 1. The van der Waals surface area contributed by atoms with E-state index in [0.717, 1.165) is 68.4 Å². The van der Waals surface area contributed by atoms with E-state index in [0.29, 0.717) is 0 Å². The molecule has 3 aromatic rings. The fraction of sp³-hybridized carbons (Fsp3) is 0.400. The summed E-state index contributed by atoms with van der Waals surface area (Å²) in [5.74, 6) is 0.0459. The number of rotatable bonds is 6. The minimum absolute atomic E-state index is 0.0459. The summed E-state index contributed by atoms with van der Waals surface area (Å²) in [5, 5.41) is 3.55. The molecule has 0 unspecified atom stereocenters. The van der Waals surface area contributed by atoms with Gasteiger partial charge >= 0.3 is 0 Å². The number of hydrogen-bond donors (Lipinski definition) is 1. The first kappa shape index (κ1) is 22.8. The third-order valence-electron chi connectivity index (χ3n) is 7.75. The molecule has 1 aliphatic carbocycles. The molecule has 34 heavy (non-hydrogen) atoms. The van der Waals surface area contributed by atoms with Gasteiger partial charge in [0.1, 0.15) is 0 Å². The Kier molecular flexibility index (Phi) is 7.05. The molecule has 2 aliphatic rings. The lowest BCUT2D eigenvalue weighted by atomic mass is 9.78. The van der Waals surface area contributed by atoms with Gasteiger partial charge in [-0.1, -0.05) is 67.8 Å². The summed E-state index contributed by atoms with van der Waals surface area (Å²) in [6, 6.07) is 20.7. The van der Waals surface area contributed by atoms with E-state index in [2.05, 4.69) is 39.5 Å². The van der Waals surface area contributed by atoms with Crippen molar-refractivity contribution in [1.82, 2.24) is 15.2 Å². The molecule has 2 aromatic carbocycles. The predicted molar refractivity (Wildman–Crippen MR) is 138 cm³/mol. The van der Waals surface area contributed by atoms with Crippen molar-refractivity contribution in [2.75, 3.05) is 19.6 Å². The number of amides is 1. The van der Waals surface area contributed by atoms with Gasteiger partial charge in [0.15, 0.2) is 0 Å². The fourth-order valence-electron chi connectivity index (χ4n) is 5.74. The standard InChI is InChI=1S/C30H35N3O/c34-29(28-13-5-4-12-27(28)26-11-8-19-31-23-26)32-30(16-6-1-7-17-30)18-22-33-20-14-24-9-2-3-10-25(24)15-21-33/h2-5,8-13,19,23H,1,6-7,14-18,20-22H2,(H,32,34). The Morgan fingerprint density at radius 3 is 2.29 bits per heavy atom. The summed E-state index contributed by atoms with van der Waals surface area (Å²) in [6.07, 6.45) is 12.6. The predicted octanol–water partition coefficient (Wildman–Crippen LogP) is 5.67. The first-order valence-electron chi connectivity index (χ1n) is 12.8. The number of benzene rings is 2. The molecule has 2 heterocycles. The highest BCUT2D eigenvalue weighted by atomic mass is 16.1. The minimum Gasteiger partial charge on any atom is -0.347 e. The molecule has 1 N–H and O–H groups in total. The van der Waals surface area contributed by atoms with Crippen molar-refractivity contribution in [3.05, 3.63) is 89.7 Å². The molecule has 176 valence electrons. The van der Waals surface area contributed by atoms with Crippen LogP contribution in [0.2, 0.25) is 0 Å². The highest BCUT2D eigenvalue weighted by Crippen LogP contribution is 2.33. The van der Waals surface area contributed by atoms with Gasteiger partial charge in [-0.05, 0) is 60.9 Å². The van der Waals surface area contributed by atoms with E-state index < -0.39 is 0 Å². The molecule has 1 amide bonds. The average Bonchev–Trinajstić information content (AvgIpc) is 3.11. The van der Waals surface area contributed by atoms with Gasteiger partial charge in [-0.15, -0.1) is 0 Å². The fourth-order valence-corrected chi connectivity index (χ4v) is 5.74. The lowest BCUT2D eigenvalue weighted by molar-refractivity contribution is 0.0845. The number of carbonyl (C=O) groups is 1. The van der Waals surface area contributed by atoms with Gasteiger partial charge in [-0.3, -0.25) is 9.78 Å². The number of nitrogens with one attached hydrogen (secondary N) is 1. The summed E-state index contributed by atoms with van der Waals surface area (Å²) in [6.45, 7) is 3.24. The van der Waals surface area contributed by atoms with E-state index in [1.165, 1.54) is 30.4 Å². The molecule has 1 fully saturated rings. The maximum absolute atomic E-state index is 13.6. The Morgan fingerprint density at radius 2 is 1.59 bits per heavy atom. The molecule has 0 radical (unpaired) electrons. The topological polar surface area (TPSA) is 45.2 Å². The molecule has 0 atom stereocenters. The number of hydrogen-bond acceptors (Lipinski definition) is 3. The second kappa shape index (κ2) is 10.5. The SMILES string of the molecule is O=C(NC1(CCN2CCc3ccccc3CC2)CCCCC1)c1ccccc1-c1cccnc1. The summed E-state index contributed by atoms with van der Waals surface area (Å²) in [5.41, 5.74) is 5.55. The van der Waals surface area contributed by atoms with Crippen molar-refractivity contribution in [3.63, 3.8) is 0 Å². The van der Waals surface area contributed by atoms with Gasteiger partial charge in [0.2, 0.25) is 0 Å². The molecule has 4 nitrogen and oxygen atoms in total. The number of pyridine rings is 1. The van der Waals surface area contributed by atoms with Crippen molar-refractivity contribution in [3.8, 4) is 11.1 Å². The van der Waals surface area contributed by atoms with Crippen LogP contribution in [0.3, 0.4) is 0 Å². The van der Waals surface area contributed by atoms with Crippen LogP contribution in [0.25, 0.3) is 11.1 Å². The first-order valence-corrected chi connectivity index (χ1v) is 12.8. The Bertz CT molecular complexity index is 1080. The molecule has 0 bridgehead atoms. The zero-order chi connectivity index (χ0) is 23.2. The Hall–Kier alpha value is -2.98. The number of nitrogens with zero attached hydrogens (tertiary/aromatic N) is 2. The van der Waals surface area contributed by atoms with Crippen molar-refractivity contribution in [1.29, 1.82) is 0 Å². The average molecular weight is 454 g/mol. The molecule has 0 saturated heterocycles. The van der Waals surface area contributed by atoms with E-state index in [-0.39, 0.29) is 11.4 Å². The largest absolute Gasteiger partial charge is 0.347 e. The van der Waals surface area contributed by atoms with E-state index in [9.17, 15) is 4.79 Å². The van der Waals surface area contributed by atoms with Crippen LogP contribution >= 0.6 is 0 Å². The second-order valence-corrected chi connectivity index (χ2v) is 9.94. The lowest BCUT2D eigenvalue weighted by Crippen LogP contribution is -2.51. The monoisotopic (exact) mass is 453 g/mol. The van der Waals surface area contributed by atoms with Gasteiger partial charge in [0.25, 0.3) is 5.91 Å². The number of carbonyl (C=O) groups excluding carboxylic acids is 1. The molecular formula is C30H35N3O. The van der Waals surface area contributed by atoms with Crippen LogP contribution in [0.1, 0.15) is 60.0 Å². The lowest BCUT2D eigenvalue weighted by Gasteiger charge is -2.40. The van der Waals surface area contributed by atoms with Gasteiger partial charge in [-0.25, -0.2) is 0 Å². The van der Waals surface area contributed by atoms with E-state index >= 15 is 0 Å². The van der Waals surface area contributed by atoms with Crippen LogP contribution in [-0.2, 0) is 12.8 Å². The van der Waals surface area contributed by atoms with Gasteiger partial charge < -0.3 is 10.2 Å². The highest BCUT2D eigenvalue weighted by Gasteiger charge is 2.34. The maximum Gasteiger partial charge on any atom is 0.252 e. The van der Waals surface area contributed by atoms with Crippen molar-refractivity contribution < 1.29 is 4.79 Å². The Balaban J connectivity index is 1.29. The Labute approximate surface area is 203 Å². The molecular weight excluding hydrogens is 418 g/mol. The van der Waals surface area contributed by atoms with Crippen molar-refractivity contribution in [2.24, 2.45) is 0 Å². The summed E-state index contributed by atoms with van der Waals surface area (Å²) in [4.78, 5) is 20.5. The zero-order valence-corrected chi connectivity index (χ0v) is 20.0. The first-order chi connectivity index (χ1) is 16.7. The minimum atomic E-state index is -0.115. The molecule has 1 aromatic heterocycles. The third-order valence-corrected chi connectivity index (χ3v) is 7.75. The smallest absolute Gasteiger partial charge is 0.252 e. The van der Waals surface area contributed by atoms with E-state index in [4.69, 9.17) is 0 Å². The second-order valence-electron chi connectivity index (χ2n) is 9.94. The molecule has 1 saturated carbocycles. The maximum atomic E-state index is 13.6. The summed E-state index contributed by atoms with van der Waals surface area (Å²) in [7, 11) is 0. The van der Waals surface area contributed by atoms with Crippen LogP contribution in [0.5, 0.6) is 0 Å². The molecule has 0 spiro atoms. The summed E-state index contributed by atoms with van der Waals surface area (Å²) < 4.78 is 0. The highest BCUT2D eigenvalue weighted by molar-refractivity contribution is 6.01. The molecule has 1 aliphatic heterocycles. The normalized spacial score (nSPS) is 18.0. The molecule has 5 rings (SSSR count). The van der Waals surface area contributed by atoms with Gasteiger partial charge in [0.05, 0.1) is 0 Å². The van der Waals surface area contributed by atoms with Gasteiger partial charge in [0, 0.05) is 48.7 Å². The van der Waals surface area contributed by atoms with Crippen LogP contribution in [0.15, 0.2) is 73.1 Å². The van der Waals surface area contributed by atoms with Crippen LogP contribution in [0, 0.1) is 0 Å². The summed E-state index contributed by atoms with van der Waals surface area (Å²) >= 11 is 0. The van der Waals surface area contributed by atoms with Crippen LogP contribution in [0.4, 0.5) is 0 Å². The van der Waals surface area contributed by atoms with Crippen molar-refractivity contribution >= 4 is 5.91 Å². The third kappa shape index (κ3) is 5.23. The number of fused-ring (bicyclic) bond motifs is 1. The Morgan fingerprint density at radius 1 is 0.882 bits per heavy atom. The van der Waals surface area contributed by atoms with Gasteiger partial charge in [-0.2, -0.15) is 0 Å². The van der Waals surface area contributed by atoms with Crippen molar-refractivity contribution in [2.45, 2.75) is 56.9 Å². The quantitative estimate of drug-likeness (QED) is 0.523. The zero-order valence-electron chi connectivity index (χ0n) is 20.0. The van der Waals surface area contributed by atoms with Crippen LogP contribution in [-0.4, -0.2) is 41.0 Å². The molecule has 4 heteroatoms. The van der Waals surface area contributed by atoms with E-state index in [1.807, 2.05) is 42.6 Å².